The predicted molar refractivity (Wildman–Crippen MR) is 121 cm³/mol. The van der Waals surface area contributed by atoms with Gasteiger partial charge in [-0.15, -0.1) is 0 Å². The third-order valence-corrected chi connectivity index (χ3v) is 5.71. The molecule has 0 bridgehead atoms. The first-order chi connectivity index (χ1) is 16.0. The SMILES string of the molecule is COC(=O)C(Cc1ccc([N+](=O)[O-])cc1)NC(=O)OCC1c2ccccc2-c2ccccc21. The van der Waals surface area contributed by atoms with Gasteiger partial charge in [0.2, 0.25) is 0 Å². The van der Waals surface area contributed by atoms with Crippen molar-refractivity contribution in [2.24, 2.45) is 0 Å². The lowest BCUT2D eigenvalue weighted by Crippen LogP contribution is -2.43. The second-order valence-corrected chi connectivity index (χ2v) is 7.67. The number of hydrogen-bond donors (Lipinski definition) is 1. The third kappa shape index (κ3) is 4.69. The minimum Gasteiger partial charge on any atom is -0.467 e. The molecule has 168 valence electrons. The van der Waals surface area contributed by atoms with Crippen LogP contribution in [0.2, 0.25) is 0 Å². The van der Waals surface area contributed by atoms with E-state index >= 15 is 0 Å². The number of carbonyl (C=O) groups is 2. The van der Waals surface area contributed by atoms with Gasteiger partial charge < -0.3 is 14.8 Å². The lowest BCUT2D eigenvalue weighted by molar-refractivity contribution is -0.384. The number of nitro groups is 1. The second-order valence-electron chi connectivity index (χ2n) is 7.67. The van der Waals surface area contributed by atoms with E-state index in [-0.39, 0.29) is 24.6 Å². The van der Waals surface area contributed by atoms with Gasteiger partial charge in [-0.2, -0.15) is 0 Å². The van der Waals surface area contributed by atoms with Crippen LogP contribution in [0.3, 0.4) is 0 Å². The predicted octanol–water partition coefficient (Wildman–Crippen LogP) is 4.22. The molecule has 1 aliphatic carbocycles. The molecule has 3 aromatic rings. The van der Waals surface area contributed by atoms with E-state index in [1.54, 1.807) is 0 Å². The molecule has 0 saturated carbocycles. The zero-order valence-corrected chi connectivity index (χ0v) is 17.9. The molecule has 4 rings (SSSR count). The fraction of sp³-hybridized carbons (Fsp3) is 0.200. The van der Waals surface area contributed by atoms with Crippen molar-refractivity contribution in [3.63, 3.8) is 0 Å². The topological polar surface area (TPSA) is 108 Å². The zero-order valence-electron chi connectivity index (χ0n) is 17.9. The number of nitrogens with one attached hydrogen (secondary N) is 1. The Morgan fingerprint density at radius 2 is 1.55 bits per heavy atom. The van der Waals surface area contributed by atoms with Crippen LogP contribution in [0.5, 0.6) is 0 Å². The van der Waals surface area contributed by atoms with Gasteiger partial charge in [-0.05, 0) is 27.8 Å². The number of fused-ring (bicyclic) bond motifs is 3. The molecule has 1 aliphatic rings. The molecular formula is C25H22N2O6. The van der Waals surface area contributed by atoms with E-state index in [9.17, 15) is 19.7 Å². The summed E-state index contributed by atoms with van der Waals surface area (Å²) in [6, 6.07) is 20.8. The smallest absolute Gasteiger partial charge is 0.407 e. The normalized spacial score (nSPS) is 12.9. The van der Waals surface area contributed by atoms with Crippen LogP contribution in [0, 0.1) is 10.1 Å². The lowest BCUT2D eigenvalue weighted by Gasteiger charge is -2.18. The number of nitro benzene ring substituents is 1. The van der Waals surface area contributed by atoms with Gasteiger partial charge in [0.25, 0.3) is 5.69 Å². The average molecular weight is 446 g/mol. The Balaban J connectivity index is 1.43. The molecule has 33 heavy (non-hydrogen) atoms. The summed E-state index contributed by atoms with van der Waals surface area (Å²) in [7, 11) is 1.23. The molecule has 3 aromatic carbocycles. The Labute approximate surface area is 190 Å². The highest BCUT2D eigenvalue weighted by molar-refractivity contribution is 5.82. The van der Waals surface area contributed by atoms with Crippen molar-refractivity contribution in [2.75, 3.05) is 13.7 Å². The molecule has 0 heterocycles. The standard InChI is InChI=1S/C25H22N2O6/c1-32-24(28)23(14-16-10-12-17(13-11-16)27(30)31)26-25(29)33-15-22-20-8-4-2-6-18(20)19-7-3-5-9-21(19)22/h2-13,22-23H,14-15H2,1H3,(H,26,29). The van der Waals surface area contributed by atoms with Gasteiger partial charge >= 0.3 is 12.1 Å². The lowest BCUT2D eigenvalue weighted by atomic mass is 9.98. The highest BCUT2D eigenvalue weighted by Crippen LogP contribution is 2.44. The fourth-order valence-electron chi connectivity index (χ4n) is 4.11. The molecular weight excluding hydrogens is 424 g/mol. The second kappa shape index (κ2) is 9.52. The van der Waals surface area contributed by atoms with Crippen molar-refractivity contribution in [1.29, 1.82) is 0 Å². The van der Waals surface area contributed by atoms with Gasteiger partial charge in [-0.25, -0.2) is 9.59 Å². The molecule has 8 nitrogen and oxygen atoms in total. The van der Waals surface area contributed by atoms with Crippen LogP contribution in [0.15, 0.2) is 72.8 Å². The Bertz CT molecular complexity index is 1150. The largest absolute Gasteiger partial charge is 0.467 e. The molecule has 1 amide bonds. The van der Waals surface area contributed by atoms with E-state index in [0.717, 1.165) is 22.3 Å². The maximum Gasteiger partial charge on any atom is 0.407 e. The highest BCUT2D eigenvalue weighted by Gasteiger charge is 2.30. The summed E-state index contributed by atoms with van der Waals surface area (Å²) in [6.45, 7) is 0.116. The van der Waals surface area contributed by atoms with Gasteiger partial charge in [0.1, 0.15) is 12.6 Å². The van der Waals surface area contributed by atoms with E-state index in [4.69, 9.17) is 9.47 Å². The Morgan fingerprint density at radius 1 is 0.970 bits per heavy atom. The molecule has 0 aliphatic heterocycles. The zero-order chi connectivity index (χ0) is 23.4. The average Bonchev–Trinajstić information content (AvgIpc) is 3.16. The summed E-state index contributed by atoms with van der Waals surface area (Å²) >= 11 is 0. The number of rotatable bonds is 7. The molecule has 8 heteroatoms. The molecule has 0 spiro atoms. The van der Waals surface area contributed by atoms with Crippen molar-refractivity contribution in [3.8, 4) is 11.1 Å². The van der Waals surface area contributed by atoms with E-state index in [1.807, 2.05) is 48.5 Å². The fourth-order valence-corrected chi connectivity index (χ4v) is 4.11. The minimum absolute atomic E-state index is 0.0575. The number of esters is 1. The summed E-state index contributed by atoms with van der Waals surface area (Å²) in [5.41, 5.74) is 4.98. The van der Waals surface area contributed by atoms with Crippen LogP contribution in [-0.4, -0.2) is 36.7 Å². The number of non-ortho nitro benzene ring substituents is 1. The minimum atomic E-state index is -0.993. The van der Waals surface area contributed by atoms with Crippen molar-refractivity contribution in [2.45, 2.75) is 18.4 Å². The van der Waals surface area contributed by atoms with Gasteiger partial charge in [0.15, 0.2) is 0 Å². The maximum atomic E-state index is 12.6. The summed E-state index contributed by atoms with van der Waals surface area (Å²) in [4.78, 5) is 35.1. The molecule has 0 radical (unpaired) electrons. The van der Waals surface area contributed by atoms with Crippen LogP contribution in [0.1, 0.15) is 22.6 Å². The van der Waals surface area contributed by atoms with Gasteiger partial charge in [0.05, 0.1) is 12.0 Å². The Hall–Kier alpha value is -4.20. The van der Waals surface area contributed by atoms with E-state index in [1.165, 1.54) is 31.4 Å². The number of benzene rings is 3. The molecule has 0 fully saturated rings. The first kappa shape index (κ1) is 22.0. The molecule has 1 atom stereocenters. The van der Waals surface area contributed by atoms with E-state index in [0.29, 0.717) is 5.56 Å². The van der Waals surface area contributed by atoms with Crippen molar-refractivity contribution in [1.82, 2.24) is 5.32 Å². The van der Waals surface area contributed by atoms with Gasteiger partial charge in [-0.3, -0.25) is 10.1 Å². The third-order valence-electron chi connectivity index (χ3n) is 5.71. The van der Waals surface area contributed by atoms with Crippen LogP contribution in [0.25, 0.3) is 11.1 Å². The first-order valence-electron chi connectivity index (χ1n) is 10.4. The molecule has 1 unspecified atom stereocenters. The van der Waals surface area contributed by atoms with Crippen molar-refractivity contribution < 1.29 is 24.0 Å². The van der Waals surface area contributed by atoms with Crippen LogP contribution in [-0.2, 0) is 20.7 Å². The van der Waals surface area contributed by atoms with Crippen LogP contribution >= 0.6 is 0 Å². The highest BCUT2D eigenvalue weighted by atomic mass is 16.6. The Morgan fingerprint density at radius 3 is 2.09 bits per heavy atom. The monoisotopic (exact) mass is 446 g/mol. The number of carbonyl (C=O) groups excluding carboxylic acids is 2. The van der Waals surface area contributed by atoms with Gasteiger partial charge in [-0.1, -0.05) is 60.7 Å². The summed E-state index contributed by atoms with van der Waals surface area (Å²) < 4.78 is 10.3. The molecule has 0 saturated heterocycles. The summed E-state index contributed by atoms with van der Waals surface area (Å²) in [5, 5.41) is 13.4. The van der Waals surface area contributed by atoms with Crippen molar-refractivity contribution >= 4 is 17.7 Å². The Kier molecular flexibility index (Phi) is 6.35. The van der Waals surface area contributed by atoms with E-state index < -0.39 is 23.0 Å². The van der Waals surface area contributed by atoms with Crippen molar-refractivity contribution in [3.05, 3.63) is 99.6 Å². The van der Waals surface area contributed by atoms with E-state index in [2.05, 4.69) is 5.32 Å². The number of amides is 1. The number of nitrogens with zero attached hydrogens (tertiary/aromatic N) is 1. The maximum absolute atomic E-state index is 12.6. The van der Waals surface area contributed by atoms with Crippen LogP contribution in [0.4, 0.5) is 10.5 Å². The quantitative estimate of drug-likeness (QED) is 0.331. The molecule has 0 aromatic heterocycles. The summed E-state index contributed by atoms with van der Waals surface area (Å²) in [6.07, 6.45) is -0.635. The molecule has 1 N–H and O–H groups in total. The number of alkyl carbamates (subject to hydrolysis) is 1. The summed E-state index contributed by atoms with van der Waals surface area (Å²) in [5.74, 6) is -0.740. The van der Waals surface area contributed by atoms with Gasteiger partial charge in [0, 0.05) is 24.5 Å². The number of ether oxygens (including phenoxy) is 2. The number of hydrogen-bond acceptors (Lipinski definition) is 6. The first-order valence-corrected chi connectivity index (χ1v) is 10.4. The number of methoxy groups -OCH3 is 1. The van der Waals surface area contributed by atoms with Crippen LogP contribution < -0.4 is 5.32 Å².